The highest BCUT2D eigenvalue weighted by molar-refractivity contribution is 6.30. The number of aromatic nitrogens is 2. The van der Waals surface area contributed by atoms with E-state index in [1.165, 1.54) is 43.4 Å². The quantitative estimate of drug-likeness (QED) is 0.572. The van der Waals surface area contributed by atoms with Crippen molar-refractivity contribution in [1.82, 2.24) is 15.1 Å². The van der Waals surface area contributed by atoms with Crippen LogP contribution >= 0.6 is 11.6 Å². The molecule has 0 fully saturated rings. The number of nitrogens with one attached hydrogen (secondary N) is 1. The van der Waals surface area contributed by atoms with Crippen LogP contribution in [0.4, 0.5) is 8.78 Å². The van der Waals surface area contributed by atoms with Gasteiger partial charge in [0, 0.05) is 18.6 Å². The van der Waals surface area contributed by atoms with Crippen molar-refractivity contribution in [1.29, 1.82) is 0 Å². The first-order chi connectivity index (χ1) is 14.3. The van der Waals surface area contributed by atoms with Gasteiger partial charge in [0.05, 0.1) is 5.56 Å². The van der Waals surface area contributed by atoms with Gasteiger partial charge in [0.2, 0.25) is 5.88 Å². The Kier molecular flexibility index (Phi) is 6.31. The molecule has 7 nitrogen and oxygen atoms in total. The molecule has 3 rings (SSSR count). The van der Waals surface area contributed by atoms with Crippen molar-refractivity contribution in [2.24, 2.45) is 7.05 Å². The second-order valence-corrected chi connectivity index (χ2v) is 6.67. The molecule has 0 atom stereocenters. The smallest absolute Gasteiger partial charge is 0.335 e. The lowest BCUT2D eigenvalue weighted by Gasteiger charge is -2.10. The van der Waals surface area contributed by atoms with E-state index in [1.54, 1.807) is 12.1 Å². The predicted molar refractivity (Wildman–Crippen MR) is 104 cm³/mol. The summed E-state index contributed by atoms with van der Waals surface area (Å²) in [6, 6.07) is 12.0. The lowest BCUT2D eigenvalue weighted by Crippen LogP contribution is -2.24. The molecule has 0 saturated heterocycles. The van der Waals surface area contributed by atoms with Crippen LogP contribution in [0.3, 0.4) is 0 Å². The molecule has 1 aromatic heterocycles. The first kappa shape index (κ1) is 21.3. The van der Waals surface area contributed by atoms with Crippen LogP contribution in [0.2, 0.25) is 5.02 Å². The molecule has 10 heteroatoms. The Labute approximate surface area is 174 Å². The number of amides is 1. The van der Waals surface area contributed by atoms with E-state index in [1.807, 2.05) is 0 Å². The average Bonchev–Trinajstić information content (AvgIpc) is 3.04. The lowest BCUT2D eigenvalue weighted by atomic mass is 10.1. The van der Waals surface area contributed by atoms with Gasteiger partial charge >= 0.3 is 5.97 Å². The van der Waals surface area contributed by atoms with Crippen LogP contribution in [0.1, 0.15) is 38.4 Å². The number of benzene rings is 2. The number of aromatic carboxylic acids is 1. The van der Waals surface area contributed by atoms with Crippen LogP contribution in [0.25, 0.3) is 0 Å². The van der Waals surface area contributed by atoms with Gasteiger partial charge in [-0.2, -0.15) is 5.10 Å². The zero-order chi connectivity index (χ0) is 21.8. The normalized spacial score (nSPS) is 10.8. The summed E-state index contributed by atoms with van der Waals surface area (Å²) < 4.78 is 33.6. The van der Waals surface area contributed by atoms with Gasteiger partial charge < -0.3 is 15.2 Å². The maximum atomic E-state index is 13.5. The summed E-state index contributed by atoms with van der Waals surface area (Å²) in [7, 11) is 1.39. The van der Waals surface area contributed by atoms with Crippen molar-refractivity contribution in [3.8, 4) is 11.6 Å². The van der Waals surface area contributed by atoms with Gasteiger partial charge in [0.1, 0.15) is 17.0 Å². The highest BCUT2D eigenvalue weighted by Gasteiger charge is 2.29. The number of halogens is 3. The second kappa shape index (κ2) is 8.91. The summed E-state index contributed by atoms with van der Waals surface area (Å²) in [5.74, 6) is -1.73. The maximum Gasteiger partial charge on any atom is 0.335 e. The Morgan fingerprint density at radius 1 is 1.17 bits per heavy atom. The Bertz CT molecular complexity index is 1070. The van der Waals surface area contributed by atoms with E-state index in [4.69, 9.17) is 21.4 Å². The summed E-state index contributed by atoms with van der Waals surface area (Å²) in [4.78, 5) is 23.6. The Morgan fingerprint density at radius 3 is 2.37 bits per heavy atom. The number of aryl methyl sites for hydroxylation is 1. The van der Waals surface area contributed by atoms with E-state index in [0.717, 1.165) is 4.68 Å². The fourth-order valence-electron chi connectivity index (χ4n) is 2.66. The highest BCUT2D eigenvalue weighted by atomic mass is 35.5. The summed E-state index contributed by atoms with van der Waals surface area (Å²) in [6.07, 6.45) is -2.99. The first-order valence-electron chi connectivity index (χ1n) is 8.65. The van der Waals surface area contributed by atoms with Crippen molar-refractivity contribution in [3.05, 3.63) is 75.9 Å². The second-order valence-electron chi connectivity index (χ2n) is 6.23. The number of carbonyl (C=O) groups is 2. The molecule has 1 heterocycles. The third kappa shape index (κ3) is 4.74. The summed E-state index contributed by atoms with van der Waals surface area (Å²) in [6.45, 7) is -0.00328. The van der Waals surface area contributed by atoms with Crippen molar-refractivity contribution in [3.63, 3.8) is 0 Å². The molecule has 0 spiro atoms. The van der Waals surface area contributed by atoms with Crippen molar-refractivity contribution in [2.45, 2.75) is 13.0 Å². The number of rotatable bonds is 7. The molecule has 0 aliphatic rings. The van der Waals surface area contributed by atoms with Crippen LogP contribution in [0.5, 0.6) is 11.6 Å². The van der Waals surface area contributed by atoms with Gasteiger partial charge in [-0.15, -0.1) is 0 Å². The number of nitrogens with zero attached hydrogens (tertiary/aromatic N) is 2. The molecular weight excluding hydrogens is 420 g/mol. The number of carboxylic acids is 1. The van der Waals surface area contributed by atoms with Crippen molar-refractivity contribution in [2.75, 3.05) is 0 Å². The molecule has 0 saturated carbocycles. The van der Waals surface area contributed by atoms with Crippen LogP contribution < -0.4 is 10.1 Å². The Balaban J connectivity index is 1.84. The number of hydrogen-bond donors (Lipinski definition) is 2. The zero-order valence-corrected chi connectivity index (χ0v) is 16.4. The molecule has 3 aromatic rings. The minimum atomic E-state index is -2.99. The van der Waals surface area contributed by atoms with Crippen LogP contribution in [-0.4, -0.2) is 26.8 Å². The Morgan fingerprint density at radius 2 is 1.80 bits per heavy atom. The third-order valence-corrected chi connectivity index (χ3v) is 4.39. The van der Waals surface area contributed by atoms with E-state index in [9.17, 15) is 18.4 Å². The topological polar surface area (TPSA) is 93.5 Å². The summed E-state index contributed by atoms with van der Waals surface area (Å²) in [5, 5.41) is 15.6. The Hall–Kier alpha value is -3.46. The van der Waals surface area contributed by atoms with Crippen LogP contribution in [0.15, 0.2) is 48.5 Å². The van der Waals surface area contributed by atoms with Crippen molar-refractivity contribution >= 4 is 23.5 Å². The number of ether oxygens (including phenoxy) is 1. The molecule has 0 radical (unpaired) electrons. The monoisotopic (exact) mass is 435 g/mol. The van der Waals surface area contributed by atoms with Crippen LogP contribution in [0, 0.1) is 0 Å². The van der Waals surface area contributed by atoms with E-state index in [-0.39, 0.29) is 23.6 Å². The first-order valence-corrected chi connectivity index (χ1v) is 9.03. The SMILES string of the molecule is Cn1nc(C(F)F)c(C(=O)NCc2ccc(C(=O)O)cc2)c1Oc1ccc(Cl)cc1. The van der Waals surface area contributed by atoms with E-state index >= 15 is 0 Å². The van der Waals surface area contributed by atoms with E-state index in [0.29, 0.717) is 16.3 Å². The standard InChI is InChI=1S/C20H16ClF2N3O4/c1-26-19(30-14-8-6-13(21)7-9-14)15(16(25-26)17(22)23)18(27)24-10-11-2-4-12(5-3-11)20(28)29/h2-9,17H,10H2,1H3,(H,24,27)(H,28,29). The molecule has 2 aromatic carbocycles. The largest absolute Gasteiger partial charge is 0.478 e. The molecule has 0 aliphatic carbocycles. The molecule has 0 unspecified atom stereocenters. The molecule has 0 bridgehead atoms. The van der Waals surface area contributed by atoms with Crippen molar-refractivity contribution < 1.29 is 28.2 Å². The minimum Gasteiger partial charge on any atom is -0.478 e. The maximum absolute atomic E-state index is 13.5. The van der Waals surface area contributed by atoms with E-state index in [2.05, 4.69) is 10.4 Å². The number of hydrogen-bond acceptors (Lipinski definition) is 4. The molecule has 2 N–H and O–H groups in total. The number of carboxylic acid groups (broad SMARTS) is 1. The third-order valence-electron chi connectivity index (χ3n) is 4.14. The predicted octanol–water partition coefficient (Wildman–Crippen LogP) is 4.43. The highest BCUT2D eigenvalue weighted by Crippen LogP contribution is 2.32. The molecule has 156 valence electrons. The van der Waals surface area contributed by atoms with Crippen LogP contribution in [-0.2, 0) is 13.6 Å². The van der Waals surface area contributed by atoms with Gasteiger partial charge in [0.15, 0.2) is 0 Å². The van der Waals surface area contributed by atoms with Gasteiger partial charge in [0.25, 0.3) is 12.3 Å². The number of carbonyl (C=O) groups excluding carboxylic acids is 1. The number of alkyl halides is 2. The summed E-state index contributed by atoms with van der Waals surface area (Å²) >= 11 is 5.83. The lowest BCUT2D eigenvalue weighted by molar-refractivity contribution is 0.0696. The minimum absolute atomic E-state index is 0.00328. The molecule has 30 heavy (non-hydrogen) atoms. The van der Waals surface area contributed by atoms with E-state index < -0.39 is 24.0 Å². The average molecular weight is 436 g/mol. The fourth-order valence-corrected chi connectivity index (χ4v) is 2.79. The van der Waals surface area contributed by atoms with Gasteiger partial charge in [-0.3, -0.25) is 4.79 Å². The molecule has 0 aliphatic heterocycles. The zero-order valence-electron chi connectivity index (χ0n) is 15.6. The van der Waals surface area contributed by atoms with Gasteiger partial charge in [-0.05, 0) is 42.0 Å². The fraction of sp³-hybridized carbons (Fsp3) is 0.150. The van der Waals surface area contributed by atoms with Gasteiger partial charge in [-0.25, -0.2) is 18.3 Å². The van der Waals surface area contributed by atoms with Gasteiger partial charge in [-0.1, -0.05) is 23.7 Å². The molecular formula is C20H16ClF2N3O4. The molecule has 1 amide bonds. The summed E-state index contributed by atoms with van der Waals surface area (Å²) in [5.41, 5.74) is -0.406.